The first-order chi connectivity index (χ1) is 13.7. The van der Waals surface area contributed by atoms with Gasteiger partial charge in [0.15, 0.2) is 0 Å². The molecule has 0 aromatic heterocycles. The molecule has 0 radical (unpaired) electrons. The lowest BCUT2D eigenvalue weighted by Gasteiger charge is -2.32. The fourth-order valence-electron chi connectivity index (χ4n) is 2.94. The molecule has 0 fully saturated rings. The Morgan fingerprint density at radius 2 is 1.32 bits per heavy atom. The zero-order chi connectivity index (χ0) is 19.3. The smallest absolute Gasteiger partial charge is 0.330 e. The van der Waals surface area contributed by atoms with E-state index in [1.807, 2.05) is 71.6 Å². The Bertz CT molecular complexity index is 965. The SMILES string of the molecule is O=C(CN1c2ccccc2Sc2ccccc21)NNC(=O)Nc1ccccc1. The molecule has 0 bridgehead atoms. The van der Waals surface area contributed by atoms with Crippen LogP contribution < -0.4 is 21.1 Å². The number of benzene rings is 3. The average molecular weight is 390 g/mol. The Labute approximate surface area is 166 Å². The molecule has 7 heteroatoms. The Kier molecular flexibility index (Phi) is 5.16. The maximum absolute atomic E-state index is 12.5. The molecule has 1 aliphatic rings. The minimum atomic E-state index is -0.505. The number of fused-ring (bicyclic) bond motifs is 2. The van der Waals surface area contributed by atoms with E-state index in [9.17, 15) is 9.59 Å². The van der Waals surface area contributed by atoms with E-state index in [0.29, 0.717) is 5.69 Å². The molecule has 1 aliphatic heterocycles. The molecular formula is C21H18N4O2S. The molecule has 3 aromatic rings. The van der Waals surface area contributed by atoms with Crippen molar-refractivity contribution in [3.8, 4) is 0 Å². The van der Waals surface area contributed by atoms with Gasteiger partial charge in [0.25, 0.3) is 5.91 Å². The number of para-hydroxylation sites is 3. The Hall–Kier alpha value is -3.45. The topological polar surface area (TPSA) is 73.5 Å². The molecule has 0 atom stereocenters. The lowest BCUT2D eigenvalue weighted by Crippen LogP contribution is -2.47. The van der Waals surface area contributed by atoms with Gasteiger partial charge in [0, 0.05) is 15.5 Å². The van der Waals surface area contributed by atoms with Gasteiger partial charge < -0.3 is 10.2 Å². The average Bonchev–Trinajstić information content (AvgIpc) is 2.73. The van der Waals surface area contributed by atoms with Crippen molar-refractivity contribution in [2.45, 2.75) is 9.79 Å². The Morgan fingerprint density at radius 1 is 0.750 bits per heavy atom. The van der Waals surface area contributed by atoms with E-state index < -0.39 is 6.03 Å². The minimum absolute atomic E-state index is 0.0835. The lowest BCUT2D eigenvalue weighted by molar-refractivity contribution is -0.120. The van der Waals surface area contributed by atoms with Crippen LogP contribution in [0.25, 0.3) is 0 Å². The van der Waals surface area contributed by atoms with E-state index in [-0.39, 0.29) is 12.5 Å². The summed E-state index contributed by atoms with van der Waals surface area (Å²) in [7, 11) is 0. The highest BCUT2D eigenvalue weighted by molar-refractivity contribution is 7.99. The van der Waals surface area contributed by atoms with Crippen LogP contribution >= 0.6 is 11.8 Å². The summed E-state index contributed by atoms with van der Waals surface area (Å²) < 4.78 is 0. The summed E-state index contributed by atoms with van der Waals surface area (Å²) in [6.07, 6.45) is 0. The van der Waals surface area contributed by atoms with Gasteiger partial charge in [-0.1, -0.05) is 54.2 Å². The van der Waals surface area contributed by atoms with Gasteiger partial charge >= 0.3 is 6.03 Å². The summed E-state index contributed by atoms with van der Waals surface area (Å²) in [5.41, 5.74) is 7.43. The number of hydrazine groups is 1. The number of hydrogen-bond donors (Lipinski definition) is 3. The highest BCUT2D eigenvalue weighted by Gasteiger charge is 2.24. The summed E-state index contributed by atoms with van der Waals surface area (Å²) in [6.45, 7) is 0.0835. The first kappa shape index (κ1) is 17.9. The van der Waals surface area contributed by atoms with Crippen molar-refractivity contribution < 1.29 is 9.59 Å². The van der Waals surface area contributed by atoms with Crippen LogP contribution in [0.5, 0.6) is 0 Å². The fraction of sp³-hybridized carbons (Fsp3) is 0.0476. The fourth-order valence-corrected chi connectivity index (χ4v) is 4.04. The minimum Gasteiger partial charge on any atom is -0.330 e. The van der Waals surface area contributed by atoms with E-state index >= 15 is 0 Å². The number of amides is 3. The second-order valence-electron chi connectivity index (χ2n) is 6.12. The van der Waals surface area contributed by atoms with Gasteiger partial charge in [0.2, 0.25) is 0 Å². The summed E-state index contributed by atoms with van der Waals surface area (Å²) >= 11 is 1.68. The zero-order valence-corrected chi connectivity index (χ0v) is 15.7. The molecule has 3 aromatic carbocycles. The Morgan fingerprint density at radius 3 is 1.96 bits per heavy atom. The monoisotopic (exact) mass is 390 g/mol. The molecule has 0 unspecified atom stereocenters. The first-order valence-electron chi connectivity index (χ1n) is 8.75. The van der Waals surface area contributed by atoms with Gasteiger partial charge in [-0.2, -0.15) is 0 Å². The highest BCUT2D eigenvalue weighted by atomic mass is 32.2. The number of carbonyl (C=O) groups is 2. The third kappa shape index (κ3) is 3.94. The molecule has 4 rings (SSSR count). The predicted molar refractivity (Wildman–Crippen MR) is 111 cm³/mol. The van der Waals surface area contributed by atoms with E-state index in [4.69, 9.17) is 0 Å². The van der Waals surface area contributed by atoms with Crippen LogP contribution in [0.1, 0.15) is 0 Å². The van der Waals surface area contributed by atoms with Crippen molar-refractivity contribution in [1.82, 2.24) is 10.9 Å². The van der Waals surface area contributed by atoms with E-state index in [2.05, 4.69) is 16.2 Å². The molecule has 3 N–H and O–H groups in total. The summed E-state index contributed by atoms with van der Waals surface area (Å²) in [4.78, 5) is 28.6. The van der Waals surface area contributed by atoms with Gasteiger partial charge in [0.05, 0.1) is 11.4 Å². The Balaban J connectivity index is 1.42. The maximum Gasteiger partial charge on any atom is 0.337 e. The molecule has 140 valence electrons. The van der Waals surface area contributed by atoms with Crippen molar-refractivity contribution in [3.05, 3.63) is 78.9 Å². The van der Waals surface area contributed by atoms with Gasteiger partial charge in [-0.15, -0.1) is 0 Å². The van der Waals surface area contributed by atoms with Crippen molar-refractivity contribution in [2.24, 2.45) is 0 Å². The molecule has 3 amide bonds. The van der Waals surface area contributed by atoms with Gasteiger partial charge in [-0.05, 0) is 36.4 Å². The molecule has 0 aliphatic carbocycles. The standard InChI is InChI=1S/C21H18N4O2S/c26-20(23-24-21(27)22-15-8-2-1-3-9-15)14-25-16-10-4-6-12-18(16)28-19-13-7-5-11-17(19)25/h1-13H,14H2,(H,23,26)(H2,22,24,27). The molecule has 0 saturated heterocycles. The van der Waals surface area contributed by atoms with Crippen molar-refractivity contribution in [2.75, 3.05) is 16.8 Å². The zero-order valence-electron chi connectivity index (χ0n) is 14.9. The van der Waals surface area contributed by atoms with Gasteiger partial charge in [0.1, 0.15) is 6.54 Å². The van der Waals surface area contributed by atoms with Crippen LogP contribution in [0.15, 0.2) is 88.7 Å². The van der Waals surface area contributed by atoms with Crippen LogP contribution in [0.4, 0.5) is 21.9 Å². The van der Waals surface area contributed by atoms with Crippen LogP contribution in [-0.4, -0.2) is 18.5 Å². The predicted octanol–water partition coefficient (Wildman–Crippen LogP) is 4.14. The van der Waals surface area contributed by atoms with Crippen molar-refractivity contribution >= 4 is 40.8 Å². The highest BCUT2D eigenvalue weighted by Crippen LogP contribution is 2.47. The molecule has 1 heterocycles. The third-order valence-corrected chi connectivity index (χ3v) is 5.31. The first-order valence-corrected chi connectivity index (χ1v) is 9.57. The maximum atomic E-state index is 12.5. The normalized spacial score (nSPS) is 11.8. The van der Waals surface area contributed by atoms with E-state index in [1.54, 1.807) is 23.9 Å². The van der Waals surface area contributed by atoms with Gasteiger partial charge in [-0.3, -0.25) is 10.2 Å². The second-order valence-corrected chi connectivity index (χ2v) is 7.20. The van der Waals surface area contributed by atoms with Crippen molar-refractivity contribution in [3.63, 3.8) is 0 Å². The number of anilines is 3. The van der Waals surface area contributed by atoms with Crippen LogP contribution in [0, 0.1) is 0 Å². The summed E-state index contributed by atoms with van der Waals surface area (Å²) in [5.74, 6) is -0.320. The largest absolute Gasteiger partial charge is 0.337 e. The molecular weight excluding hydrogens is 372 g/mol. The van der Waals surface area contributed by atoms with Gasteiger partial charge in [-0.25, -0.2) is 10.2 Å². The number of rotatable bonds is 3. The number of nitrogens with zero attached hydrogens (tertiary/aromatic N) is 1. The third-order valence-electron chi connectivity index (χ3n) is 4.18. The number of hydrogen-bond acceptors (Lipinski definition) is 4. The van der Waals surface area contributed by atoms with Crippen LogP contribution in [0.3, 0.4) is 0 Å². The molecule has 0 saturated carbocycles. The molecule has 0 spiro atoms. The molecule has 28 heavy (non-hydrogen) atoms. The quantitative estimate of drug-likeness (QED) is 0.588. The number of urea groups is 1. The summed E-state index contributed by atoms with van der Waals surface area (Å²) in [6, 6.07) is 24.4. The summed E-state index contributed by atoms with van der Waals surface area (Å²) in [5, 5.41) is 2.65. The number of nitrogens with one attached hydrogen (secondary N) is 3. The van der Waals surface area contributed by atoms with E-state index in [0.717, 1.165) is 21.2 Å². The van der Waals surface area contributed by atoms with Crippen LogP contribution in [-0.2, 0) is 4.79 Å². The second kappa shape index (κ2) is 8.06. The molecule has 6 nitrogen and oxygen atoms in total. The number of carbonyl (C=O) groups excluding carboxylic acids is 2. The van der Waals surface area contributed by atoms with E-state index in [1.165, 1.54) is 0 Å². The van der Waals surface area contributed by atoms with Crippen molar-refractivity contribution in [1.29, 1.82) is 0 Å². The van der Waals surface area contributed by atoms with Crippen LogP contribution in [0.2, 0.25) is 0 Å². The lowest BCUT2D eigenvalue weighted by atomic mass is 10.2.